The van der Waals surface area contributed by atoms with Crippen molar-refractivity contribution in [3.8, 4) is 11.1 Å². The van der Waals surface area contributed by atoms with Crippen molar-refractivity contribution in [2.45, 2.75) is 39.4 Å². The van der Waals surface area contributed by atoms with Gasteiger partial charge in [0.05, 0.1) is 5.56 Å². The summed E-state index contributed by atoms with van der Waals surface area (Å²) >= 11 is 0. The summed E-state index contributed by atoms with van der Waals surface area (Å²) in [6, 6.07) is 13.4. The van der Waals surface area contributed by atoms with E-state index >= 15 is 0 Å². The molecule has 0 bridgehead atoms. The molecule has 0 saturated carbocycles. The molecule has 214 valence electrons. The Bertz CT molecular complexity index is 1290. The fourth-order valence-corrected chi connectivity index (χ4v) is 4.41. The fourth-order valence-electron chi connectivity index (χ4n) is 4.41. The Labute approximate surface area is 233 Å². The van der Waals surface area contributed by atoms with Crippen LogP contribution in [0.2, 0.25) is 0 Å². The first-order valence-electron chi connectivity index (χ1n) is 13.4. The van der Waals surface area contributed by atoms with Crippen molar-refractivity contribution in [3.63, 3.8) is 0 Å². The zero-order valence-corrected chi connectivity index (χ0v) is 23.2. The summed E-state index contributed by atoms with van der Waals surface area (Å²) in [5.74, 6) is -0.0641. The van der Waals surface area contributed by atoms with E-state index in [4.69, 9.17) is 11.1 Å². The number of alkyl halides is 3. The van der Waals surface area contributed by atoms with Crippen LogP contribution in [0.15, 0.2) is 54.7 Å². The second-order valence-corrected chi connectivity index (χ2v) is 9.54. The minimum absolute atomic E-state index is 0.130. The summed E-state index contributed by atoms with van der Waals surface area (Å²) in [6.07, 6.45) is -1.16. The number of hydrogen-bond donors (Lipinski definition) is 3. The number of likely N-dealkylation sites (N-methyl/N-ethyl adjacent to an activating group) is 1. The Morgan fingerprint density at radius 2 is 1.73 bits per heavy atom. The molecule has 1 fully saturated rings. The summed E-state index contributed by atoms with van der Waals surface area (Å²) in [6.45, 7) is 7.30. The largest absolute Gasteiger partial charge is 0.416 e. The molecule has 10 heteroatoms. The summed E-state index contributed by atoms with van der Waals surface area (Å²) < 4.78 is 41.4. The Morgan fingerprint density at radius 3 is 2.35 bits per heavy atom. The minimum atomic E-state index is -4.51. The number of rotatable bonds is 8. The number of carbonyl (C=O) groups is 1. The molecule has 0 radical (unpaired) electrons. The number of piperazine rings is 1. The molecule has 2 heterocycles. The van der Waals surface area contributed by atoms with Crippen molar-refractivity contribution in [2.75, 3.05) is 44.3 Å². The number of nitrogens with zero attached hydrogens (tertiary/aromatic N) is 3. The van der Waals surface area contributed by atoms with E-state index in [2.05, 4.69) is 15.2 Å². The number of hydrogen-bond acceptors (Lipinski definition) is 6. The molecule has 2 aromatic carbocycles. The monoisotopic (exact) mass is 554 g/mol. The zero-order chi connectivity index (χ0) is 29.3. The van der Waals surface area contributed by atoms with E-state index < -0.39 is 11.7 Å². The lowest BCUT2D eigenvalue weighted by molar-refractivity contribution is -0.138. The van der Waals surface area contributed by atoms with Gasteiger partial charge in [0.2, 0.25) is 5.91 Å². The van der Waals surface area contributed by atoms with Crippen LogP contribution in [0.3, 0.4) is 0 Å². The SMILES string of the molecule is CC.CN1CCN(Cc2ccc(NC(=O)CCc3ccc(-c4cnc(N)c(C=N)c4)cc3)cc2C(F)(F)F)CC1. The molecule has 1 amide bonds. The van der Waals surface area contributed by atoms with E-state index in [0.29, 0.717) is 17.8 Å². The quantitative estimate of drug-likeness (QED) is 0.311. The normalized spacial score (nSPS) is 14.2. The first-order valence-corrected chi connectivity index (χ1v) is 13.4. The van der Waals surface area contributed by atoms with Gasteiger partial charge in [-0.05, 0) is 48.4 Å². The van der Waals surface area contributed by atoms with E-state index in [-0.39, 0.29) is 30.1 Å². The van der Waals surface area contributed by atoms with Crippen LogP contribution in [0.25, 0.3) is 11.1 Å². The first-order chi connectivity index (χ1) is 19.1. The van der Waals surface area contributed by atoms with Crippen LogP contribution in [0, 0.1) is 5.41 Å². The Kier molecular flexibility index (Phi) is 10.8. The average molecular weight is 555 g/mol. The van der Waals surface area contributed by atoms with Gasteiger partial charge in [-0.2, -0.15) is 13.2 Å². The molecule has 1 aliphatic rings. The summed E-state index contributed by atoms with van der Waals surface area (Å²) in [7, 11) is 2.00. The summed E-state index contributed by atoms with van der Waals surface area (Å²) in [4.78, 5) is 20.8. The molecular formula is C30H37F3N6O. The maximum atomic E-state index is 13.8. The number of aryl methyl sites for hydroxylation is 1. The van der Waals surface area contributed by atoms with Crippen molar-refractivity contribution >= 4 is 23.6 Å². The Balaban J connectivity index is 0.00000216. The molecule has 1 aliphatic heterocycles. The zero-order valence-electron chi connectivity index (χ0n) is 23.2. The van der Waals surface area contributed by atoms with Gasteiger partial charge >= 0.3 is 6.18 Å². The van der Waals surface area contributed by atoms with Crippen LogP contribution in [0.5, 0.6) is 0 Å². The molecule has 1 saturated heterocycles. The second kappa shape index (κ2) is 14.0. The molecule has 3 aromatic rings. The van der Waals surface area contributed by atoms with E-state index in [1.54, 1.807) is 12.3 Å². The number of amides is 1. The predicted octanol–water partition coefficient (Wildman–Crippen LogP) is 5.69. The third-order valence-corrected chi connectivity index (χ3v) is 6.72. The van der Waals surface area contributed by atoms with E-state index in [1.807, 2.05) is 50.1 Å². The molecule has 0 spiro atoms. The number of nitrogens with two attached hydrogens (primary N) is 1. The highest BCUT2D eigenvalue weighted by Gasteiger charge is 2.34. The van der Waals surface area contributed by atoms with Crippen molar-refractivity contribution in [2.24, 2.45) is 0 Å². The van der Waals surface area contributed by atoms with Crippen LogP contribution in [-0.4, -0.2) is 60.1 Å². The molecule has 0 unspecified atom stereocenters. The molecule has 0 aliphatic carbocycles. The highest BCUT2D eigenvalue weighted by atomic mass is 19.4. The van der Waals surface area contributed by atoms with Gasteiger partial charge in [0.25, 0.3) is 0 Å². The lowest BCUT2D eigenvalue weighted by Gasteiger charge is -2.33. The Hall–Kier alpha value is -3.76. The molecule has 40 heavy (non-hydrogen) atoms. The molecule has 7 nitrogen and oxygen atoms in total. The molecule has 0 atom stereocenters. The average Bonchev–Trinajstić information content (AvgIpc) is 2.95. The number of carbonyl (C=O) groups excluding carboxylic acids is 1. The van der Waals surface area contributed by atoms with Gasteiger partial charge in [-0.25, -0.2) is 4.98 Å². The van der Waals surface area contributed by atoms with Crippen molar-refractivity contribution in [3.05, 3.63) is 77.0 Å². The standard InChI is InChI=1S/C28H31F3N6O.C2H6/c1-36-10-12-37(13-11-36)18-21-7-8-24(15-25(21)28(29,30)31)35-26(38)9-4-19-2-5-20(6-3-19)23-14-22(16-32)27(33)34-17-23;1-2/h2-3,5-8,14-17,32H,4,9-13,18H2,1H3,(H2,33,34)(H,35,38);1-2H3. The van der Waals surface area contributed by atoms with Gasteiger partial charge in [-0.3, -0.25) is 9.69 Å². The highest BCUT2D eigenvalue weighted by Crippen LogP contribution is 2.34. The molecule has 4 N–H and O–H groups in total. The number of halogens is 3. The van der Waals surface area contributed by atoms with Crippen molar-refractivity contribution < 1.29 is 18.0 Å². The second-order valence-electron chi connectivity index (χ2n) is 9.54. The summed E-state index contributed by atoms with van der Waals surface area (Å²) in [5.41, 5.74) is 8.54. The maximum Gasteiger partial charge on any atom is 0.416 e. The van der Waals surface area contributed by atoms with Crippen molar-refractivity contribution in [1.82, 2.24) is 14.8 Å². The molecule has 1 aromatic heterocycles. The number of aromatic nitrogens is 1. The van der Waals surface area contributed by atoms with E-state index in [9.17, 15) is 18.0 Å². The van der Waals surface area contributed by atoms with Crippen LogP contribution >= 0.6 is 0 Å². The van der Waals surface area contributed by atoms with Crippen LogP contribution in [0.1, 0.15) is 42.5 Å². The van der Waals surface area contributed by atoms with E-state index in [0.717, 1.165) is 55.2 Å². The number of anilines is 2. The number of benzene rings is 2. The molecule has 4 rings (SSSR count). The third-order valence-electron chi connectivity index (χ3n) is 6.72. The smallest absolute Gasteiger partial charge is 0.383 e. The van der Waals surface area contributed by atoms with Gasteiger partial charge in [-0.15, -0.1) is 0 Å². The van der Waals surface area contributed by atoms with Gasteiger partial charge in [-0.1, -0.05) is 44.2 Å². The molecular weight excluding hydrogens is 517 g/mol. The number of nitrogen functional groups attached to an aromatic ring is 1. The highest BCUT2D eigenvalue weighted by molar-refractivity contribution is 5.91. The van der Waals surface area contributed by atoms with Gasteiger partial charge in [0.1, 0.15) is 5.82 Å². The lowest BCUT2D eigenvalue weighted by Crippen LogP contribution is -2.44. The minimum Gasteiger partial charge on any atom is -0.383 e. The van der Waals surface area contributed by atoms with Gasteiger partial charge < -0.3 is 21.4 Å². The van der Waals surface area contributed by atoms with Gasteiger partial charge in [0.15, 0.2) is 0 Å². The van der Waals surface area contributed by atoms with Crippen LogP contribution < -0.4 is 11.1 Å². The lowest BCUT2D eigenvalue weighted by atomic mass is 10.0. The summed E-state index contributed by atoms with van der Waals surface area (Å²) in [5, 5.41) is 10.0. The first kappa shape index (κ1) is 30.8. The fraction of sp³-hybridized carbons (Fsp3) is 0.367. The van der Waals surface area contributed by atoms with E-state index in [1.165, 1.54) is 12.1 Å². The topological polar surface area (TPSA) is 98.3 Å². The predicted molar refractivity (Wildman–Crippen MR) is 154 cm³/mol. The third kappa shape index (κ3) is 8.37. The number of pyridine rings is 1. The van der Waals surface area contributed by atoms with Crippen molar-refractivity contribution in [1.29, 1.82) is 5.41 Å². The van der Waals surface area contributed by atoms with Crippen LogP contribution in [0.4, 0.5) is 24.7 Å². The van der Waals surface area contributed by atoms with Gasteiger partial charge in [0, 0.05) is 68.4 Å². The van der Waals surface area contributed by atoms with Crippen LogP contribution in [-0.2, 0) is 23.9 Å². The number of nitrogens with one attached hydrogen (secondary N) is 2. The Morgan fingerprint density at radius 1 is 1.05 bits per heavy atom. The maximum absolute atomic E-state index is 13.8.